The Morgan fingerprint density at radius 1 is 1.13 bits per heavy atom. The van der Waals surface area contributed by atoms with Crippen LogP contribution in [0, 0.1) is 0 Å². The average molecular weight is 204 g/mol. The van der Waals surface area contributed by atoms with Crippen LogP contribution in [-0.2, 0) is 0 Å². The van der Waals surface area contributed by atoms with Gasteiger partial charge in [-0.25, -0.2) is 5.32 Å². The van der Waals surface area contributed by atoms with E-state index in [1.54, 1.807) is 0 Å². The summed E-state index contributed by atoms with van der Waals surface area (Å²) in [5, 5.41) is 7.75. The molecule has 0 bridgehead atoms. The van der Waals surface area contributed by atoms with Gasteiger partial charge in [-0.1, -0.05) is 18.2 Å². The minimum atomic E-state index is 1.01. The van der Waals surface area contributed by atoms with Crippen LogP contribution in [0.15, 0.2) is 30.3 Å². The van der Waals surface area contributed by atoms with E-state index in [9.17, 15) is 0 Å². The zero-order valence-corrected chi connectivity index (χ0v) is 9.02. The van der Waals surface area contributed by atoms with Crippen LogP contribution in [0.3, 0.4) is 0 Å². The molecule has 81 valence electrons. The molecule has 1 aromatic rings. The molecular formula is C12H18N3. The summed E-state index contributed by atoms with van der Waals surface area (Å²) >= 11 is 0. The van der Waals surface area contributed by atoms with E-state index in [0.29, 0.717) is 0 Å². The van der Waals surface area contributed by atoms with Gasteiger partial charge in [-0.2, -0.15) is 0 Å². The minimum Gasteiger partial charge on any atom is -0.384 e. The van der Waals surface area contributed by atoms with Crippen LogP contribution in [0.1, 0.15) is 0 Å². The normalized spacial score (nSPS) is 17.6. The van der Waals surface area contributed by atoms with Gasteiger partial charge in [0.05, 0.1) is 0 Å². The summed E-state index contributed by atoms with van der Waals surface area (Å²) in [5.41, 5.74) is 1.21. The van der Waals surface area contributed by atoms with Crippen molar-refractivity contribution < 1.29 is 0 Å². The van der Waals surface area contributed by atoms with E-state index >= 15 is 0 Å². The van der Waals surface area contributed by atoms with Crippen LogP contribution >= 0.6 is 0 Å². The maximum Gasteiger partial charge on any atom is 0.0340 e. The topological polar surface area (TPSA) is 29.4 Å². The molecule has 3 nitrogen and oxygen atoms in total. The largest absolute Gasteiger partial charge is 0.384 e. The number of rotatable bonds is 4. The molecule has 0 aliphatic carbocycles. The SMILES string of the molecule is c1ccc(NCCN2CC[N]CC2)cc1. The highest BCUT2D eigenvalue weighted by Crippen LogP contribution is 2.04. The zero-order chi connectivity index (χ0) is 10.3. The zero-order valence-electron chi connectivity index (χ0n) is 9.02. The third-order valence-corrected chi connectivity index (χ3v) is 2.68. The average Bonchev–Trinajstić information content (AvgIpc) is 2.32. The molecular weight excluding hydrogens is 186 g/mol. The van der Waals surface area contributed by atoms with Gasteiger partial charge in [0.15, 0.2) is 0 Å². The molecule has 1 saturated heterocycles. The van der Waals surface area contributed by atoms with Crippen LogP contribution in [-0.4, -0.2) is 44.2 Å². The van der Waals surface area contributed by atoms with Crippen molar-refractivity contribution in [1.82, 2.24) is 10.2 Å². The molecule has 3 heteroatoms. The number of hydrogen-bond acceptors (Lipinski definition) is 2. The second kappa shape index (κ2) is 5.73. The monoisotopic (exact) mass is 204 g/mol. The minimum absolute atomic E-state index is 1.01. The van der Waals surface area contributed by atoms with Crippen molar-refractivity contribution in [3.8, 4) is 0 Å². The predicted octanol–water partition coefficient (Wildman–Crippen LogP) is 1.02. The molecule has 1 aliphatic rings. The van der Waals surface area contributed by atoms with Crippen molar-refractivity contribution in [2.45, 2.75) is 0 Å². The van der Waals surface area contributed by atoms with Crippen molar-refractivity contribution in [2.24, 2.45) is 0 Å². The Balaban J connectivity index is 1.66. The molecule has 1 aromatic carbocycles. The fourth-order valence-electron chi connectivity index (χ4n) is 1.79. The van der Waals surface area contributed by atoms with Crippen LogP contribution in [0.4, 0.5) is 5.69 Å². The maximum absolute atomic E-state index is 4.33. The summed E-state index contributed by atoms with van der Waals surface area (Å²) < 4.78 is 0. The number of hydrogen-bond donors (Lipinski definition) is 1. The van der Waals surface area contributed by atoms with Crippen molar-refractivity contribution in [3.05, 3.63) is 30.3 Å². The summed E-state index contributed by atoms with van der Waals surface area (Å²) in [7, 11) is 0. The molecule has 15 heavy (non-hydrogen) atoms. The molecule has 1 heterocycles. The van der Waals surface area contributed by atoms with Crippen molar-refractivity contribution in [1.29, 1.82) is 0 Å². The Morgan fingerprint density at radius 2 is 1.87 bits per heavy atom. The number of nitrogens with one attached hydrogen (secondary N) is 1. The first kappa shape index (κ1) is 10.5. The smallest absolute Gasteiger partial charge is 0.0340 e. The van der Waals surface area contributed by atoms with Crippen LogP contribution in [0.25, 0.3) is 0 Å². The lowest BCUT2D eigenvalue weighted by molar-refractivity contribution is 0.247. The third kappa shape index (κ3) is 3.53. The Labute approximate surface area is 91.5 Å². The number of piperazine rings is 1. The lowest BCUT2D eigenvalue weighted by Crippen LogP contribution is -2.42. The van der Waals surface area contributed by atoms with Gasteiger partial charge in [-0.05, 0) is 12.1 Å². The van der Waals surface area contributed by atoms with E-state index in [2.05, 4.69) is 39.8 Å². The molecule has 1 N–H and O–H groups in total. The second-order valence-corrected chi connectivity index (χ2v) is 3.81. The summed E-state index contributed by atoms with van der Waals surface area (Å²) in [6.45, 7) is 6.39. The van der Waals surface area contributed by atoms with Crippen molar-refractivity contribution in [2.75, 3.05) is 44.6 Å². The molecule has 0 atom stereocenters. The first-order valence-electron chi connectivity index (χ1n) is 5.60. The van der Waals surface area contributed by atoms with E-state index in [-0.39, 0.29) is 0 Å². The molecule has 0 spiro atoms. The summed E-state index contributed by atoms with van der Waals surface area (Å²) in [6.07, 6.45) is 0. The van der Waals surface area contributed by atoms with Gasteiger partial charge in [-0.15, -0.1) is 0 Å². The van der Waals surface area contributed by atoms with Crippen LogP contribution in [0.5, 0.6) is 0 Å². The Bertz CT molecular complexity index is 267. The summed E-state index contributed by atoms with van der Waals surface area (Å²) in [6, 6.07) is 10.4. The lowest BCUT2D eigenvalue weighted by atomic mass is 10.3. The first-order valence-corrected chi connectivity index (χ1v) is 5.60. The van der Waals surface area contributed by atoms with E-state index in [1.165, 1.54) is 5.69 Å². The summed E-state index contributed by atoms with van der Waals surface area (Å²) in [5.74, 6) is 0. The molecule has 0 unspecified atom stereocenters. The van der Waals surface area contributed by atoms with Gasteiger partial charge in [0.25, 0.3) is 0 Å². The Kier molecular flexibility index (Phi) is 4.00. The second-order valence-electron chi connectivity index (χ2n) is 3.81. The molecule has 1 aliphatic heterocycles. The highest BCUT2D eigenvalue weighted by molar-refractivity contribution is 5.42. The fraction of sp³-hybridized carbons (Fsp3) is 0.500. The number of anilines is 1. The van der Waals surface area contributed by atoms with Gasteiger partial charge in [0.2, 0.25) is 0 Å². The molecule has 0 aromatic heterocycles. The van der Waals surface area contributed by atoms with E-state index in [4.69, 9.17) is 0 Å². The van der Waals surface area contributed by atoms with E-state index in [1.807, 2.05) is 6.07 Å². The fourth-order valence-corrected chi connectivity index (χ4v) is 1.79. The molecule has 1 fully saturated rings. The predicted molar refractivity (Wildman–Crippen MR) is 63.2 cm³/mol. The van der Waals surface area contributed by atoms with E-state index < -0.39 is 0 Å². The van der Waals surface area contributed by atoms with E-state index in [0.717, 1.165) is 39.3 Å². The third-order valence-electron chi connectivity index (χ3n) is 2.68. The summed E-state index contributed by atoms with van der Waals surface area (Å²) in [4.78, 5) is 2.46. The van der Waals surface area contributed by atoms with Crippen molar-refractivity contribution >= 4 is 5.69 Å². The lowest BCUT2D eigenvalue weighted by Gasteiger charge is -2.26. The van der Waals surface area contributed by atoms with Gasteiger partial charge in [0, 0.05) is 45.0 Å². The first-order chi connectivity index (χ1) is 7.45. The van der Waals surface area contributed by atoms with Crippen molar-refractivity contribution in [3.63, 3.8) is 0 Å². The van der Waals surface area contributed by atoms with Gasteiger partial charge < -0.3 is 5.32 Å². The molecule has 0 saturated carbocycles. The number of nitrogens with zero attached hydrogens (tertiary/aromatic N) is 2. The highest BCUT2D eigenvalue weighted by Gasteiger charge is 2.08. The number of benzene rings is 1. The maximum atomic E-state index is 4.33. The standard InChI is InChI=1S/C12H18N3/c1-2-4-12(5-3-1)14-8-11-15-9-6-13-7-10-15/h1-5,14H,6-11H2. The number of para-hydroxylation sites is 1. The Morgan fingerprint density at radius 3 is 2.60 bits per heavy atom. The van der Waals surface area contributed by atoms with Crippen LogP contribution in [0.2, 0.25) is 0 Å². The quantitative estimate of drug-likeness (QED) is 0.793. The molecule has 0 amide bonds. The molecule has 2 rings (SSSR count). The highest BCUT2D eigenvalue weighted by atomic mass is 15.2. The van der Waals surface area contributed by atoms with Gasteiger partial charge in [-0.3, -0.25) is 4.90 Å². The Hall–Kier alpha value is -1.06. The van der Waals surface area contributed by atoms with Gasteiger partial charge >= 0.3 is 0 Å². The van der Waals surface area contributed by atoms with Crippen LogP contribution < -0.4 is 10.6 Å². The van der Waals surface area contributed by atoms with Gasteiger partial charge in [0.1, 0.15) is 0 Å². The molecule has 1 radical (unpaired) electrons.